The second-order valence-electron chi connectivity index (χ2n) is 5.10. The molecule has 0 bridgehead atoms. The van der Waals surface area contributed by atoms with Gasteiger partial charge in [0.05, 0.1) is 12.5 Å². The number of nitrogens with one attached hydrogen (secondary N) is 1. The molecule has 1 aromatic heterocycles. The summed E-state index contributed by atoms with van der Waals surface area (Å²) in [5, 5.41) is 12.1. The van der Waals surface area contributed by atoms with Gasteiger partial charge in [-0.3, -0.25) is 0 Å². The average Bonchev–Trinajstić information content (AvgIpc) is 3.22. The normalized spacial score (nSPS) is 15.7. The molecular weight excluding hydrogens is 238 g/mol. The third kappa shape index (κ3) is 3.34. The Morgan fingerprint density at radius 2 is 2.26 bits per heavy atom. The molecule has 1 fully saturated rings. The van der Waals surface area contributed by atoms with E-state index >= 15 is 0 Å². The summed E-state index contributed by atoms with van der Waals surface area (Å²) in [7, 11) is 1.98. The van der Waals surface area contributed by atoms with Crippen LogP contribution in [0.5, 0.6) is 0 Å². The van der Waals surface area contributed by atoms with Crippen molar-refractivity contribution in [1.82, 2.24) is 9.97 Å². The molecule has 0 saturated heterocycles. The van der Waals surface area contributed by atoms with Crippen LogP contribution in [0.4, 0.5) is 11.6 Å². The topological polar surface area (TPSA) is 64.8 Å². The van der Waals surface area contributed by atoms with E-state index in [-0.39, 0.29) is 6.04 Å². The van der Waals surface area contributed by atoms with Gasteiger partial charge in [0.15, 0.2) is 0 Å². The molecule has 1 atom stereocenters. The molecule has 1 aliphatic carbocycles. The van der Waals surface area contributed by atoms with Crippen LogP contribution in [-0.2, 0) is 0 Å². The maximum absolute atomic E-state index is 8.80. The van der Waals surface area contributed by atoms with Gasteiger partial charge in [0.1, 0.15) is 17.5 Å². The van der Waals surface area contributed by atoms with Gasteiger partial charge in [0.2, 0.25) is 0 Å². The lowest BCUT2D eigenvalue weighted by molar-refractivity contribution is 0.689. The van der Waals surface area contributed by atoms with Crippen molar-refractivity contribution in [3.8, 4) is 6.07 Å². The van der Waals surface area contributed by atoms with Crippen LogP contribution in [0.3, 0.4) is 0 Å². The first-order valence-corrected chi connectivity index (χ1v) is 6.88. The van der Waals surface area contributed by atoms with Crippen LogP contribution in [0.2, 0.25) is 0 Å². The Hall–Kier alpha value is -1.83. The molecule has 5 nitrogen and oxygen atoms in total. The Labute approximate surface area is 114 Å². The zero-order chi connectivity index (χ0) is 13.8. The van der Waals surface area contributed by atoms with E-state index in [9.17, 15) is 0 Å². The number of nitrogens with zero attached hydrogens (tertiary/aromatic N) is 4. The van der Waals surface area contributed by atoms with Gasteiger partial charge in [-0.2, -0.15) is 5.26 Å². The molecule has 2 rings (SSSR count). The van der Waals surface area contributed by atoms with Crippen LogP contribution in [0, 0.1) is 11.3 Å². The minimum Gasteiger partial charge on any atom is -0.370 e. The van der Waals surface area contributed by atoms with Gasteiger partial charge in [0, 0.05) is 31.6 Å². The molecule has 0 spiro atoms. The lowest BCUT2D eigenvalue weighted by Crippen LogP contribution is -2.29. The molecule has 5 heteroatoms. The number of hydrogen-bond donors (Lipinski definition) is 1. The van der Waals surface area contributed by atoms with E-state index < -0.39 is 0 Å². The second kappa shape index (κ2) is 5.87. The van der Waals surface area contributed by atoms with Crippen LogP contribution in [-0.4, -0.2) is 29.6 Å². The van der Waals surface area contributed by atoms with Crippen molar-refractivity contribution in [2.45, 2.75) is 45.1 Å². The van der Waals surface area contributed by atoms with Crippen LogP contribution in [0.15, 0.2) is 6.07 Å². The molecule has 0 radical (unpaired) electrons. The quantitative estimate of drug-likeness (QED) is 0.850. The van der Waals surface area contributed by atoms with Gasteiger partial charge in [0.25, 0.3) is 0 Å². The van der Waals surface area contributed by atoms with E-state index in [2.05, 4.69) is 33.2 Å². The van der Waals surface area contributed by atoms with Crippen LogP contribution >= 0.6 is 0 Å². The Morgan fingerprint density at radius 3 is 2.84 bits per heavy atom. The first kappa shape index (κ1) is 13.6. The summed E-state index contributed by atoms with van der Waals surface area (Å²) < 4.78 is 0. The second-order valence-corrected chi connectivity index (χ2v) is 5.10. The minimum atomic E-state index is 0.154. The molecule has 1 heterocycles. The van der Waals surface area contributed by atoms with E-state index in [0.29, 0.717) is 12.3 Å². The highest BCUT2D eigenvalue weighted by atomic mass is 15.2. The molecule has 1 aromatic rings. The molecule has 0 aromatic carbocycles. The first-order valence-electron chi connectivity index (χ1n) is 6.88. The maximum atomic E-state index is 8.80. The first-order chi connectivity index (χ1) is 9.15. The zero-order valence-corrected chi connectivity index (χ0v) is 11.8. The Morgan fingerprint density at radius 1 is 1.53 bits per heavy atom. The lowest BCUT2D eigenvalue weighted by Gasteiger charge is -2.24. The van der Waals surface area contributed by atoms with Crippen LogP contribution < -0.4 is 10.2 Å². The Balaban J connectivity index is 2.25. The van der Waals surface area contributed by atoms with E-state index in [1.807, 2.05) is 20.0 Å². The van der Waals surface area contributed by atoms with Crippen LogP contribution in [0.25, 0.3) is 0 Å². The maximum Gasteiger partial charge on any atom is 0.136 e. The smallest absolute Gasteiger partial charge is 0.136 e. The zero-order valence-electron chi connectivity index (χ0n) is 11.8. The summed E-state index contributed by atoms with van der Waals surface area (Å²) in [5.74, 6) is 3.24. The summed E-state index contributed by atoms with van der Waals surface area (Å²) >= 11 is 0. The van der Waals surface area contributed by atoms with Gasteiger partial charge >= 0.3 is 0 Å². The molecule has 1 unspecified atom stereocenters. The standard InChI is InChI=1S/C14H21N5/c1-4-16-12-9-13(19(3)10(2)7-8-15)18-14(17-12)11-5-6-11/h9-11H,4-7H2,1-3H3,(H,16,17,18). The molecule has 0 aliphatic heterocycles. The number of aromatic nitrogens is 2. The highest BCUT2D eigenvalue weighted by Crippen LogP contribution is 2.39. The summed E-state index contributed by atoms with van der Waals surface area (Å²) in [6, 6.07) is 4.32. The molecule has 1 N–H and O–H groups in total. The van der Waals surface area contributed by atoms with Gasteiger partial charge in [-0.1, -0.05) is 0 Å². The Bertz CT molecular complexity index is 475. The highest BCUT2D eigenvalue weighted by molar-refractivity contribution is 5.50. The summed E-state index contributed by atoms with van der Waals surface area (Å²) in [6.07, 6.45) is 2.87. The number of nitriles is 1. The minimum absolute atomic E-state index is 0.154. The van der Waals surface area contributed by atoms with E-state index in [1.54, 1.807) is 0 Å². The lowest BCUT2D eigenvalue weighted by atomic mass is 10.2. The molecule has 1 aliphatic rings. The number of hydrogen-bond acceptors (Lipinski definition) is 5. The van der Waals surface area contributed by atoms with Gasteiger partial charge in [-0.25, -0.2) is 9.97 Å². The molecule has 102 valence electrons. The van der Waals surface area contributed by atoms with Crippen molar-refractivity contribution in [1.29, 1.82) is 5.26 Å². The number of rotatable bonds is 6. The highest BCUT2D eigenvalue weighted by Gasteiger charge is 2.28. The monoisotopic (exact) mass is 259 g/mol. The van der Waals surface area contributed by atoms with Gasteiger partial charge in [-0.05, 0) is 26.7 Å². The largest absolute Gasteiger partial charge is 0.370 e. The van der Waals surface area contributed by atoms with Crippen molar-refractivity contribution >= 4 is 11.6 Å². The molecule has 1 saturated carbocycles. The van der Waals surface area contributed by atoms with Crippen LogP contribution in [0.1, 0.15) is 44.9 Å². The summed E-state index contributed by atoms with van der Waals surface area (Å²) in [4.78, 5) is 11.3. The Kier molecular flexibility index (Phi) is 4.20. The van der Waals surface area contributed by atoms with Gasteiger partial charge < -0.3 is 10.2 Å². The summed E-state index contributed by atoms with van der Waals surface area (Å²) in [5.41, 5.74) is 0. The fraction of sp³-hybridized carbons (Fsp3) is 0.643. The molecular formula is C14H21N5. The SMILES string of the molecule is CCNc1cc(N(C)C(C)CC#N)nc(C2CC2)n1. The fourth-order valence-electron chi connectivity index (χ4n) is 1.92. The van der Waals surface area contributed by atoms with Gasteiger partial charge in [-0.15, -0.1) is 0 Å². The molecule has 19 heavy (non-hydrogen) atoms. The summed E-state index contributed by atoms with van der Waals surface area (Å²) in [6.45, 7) is 4.94. The van der Waals surface area contributed by atoms with Crippen molar-refractivity contribution < 1.29 is 0 Å². The van der Waals surface area contributed by atoms with E-state index in [0.717, 1.165) is 24.0 Å². The predicted octanol–water partition coefficient (Wildman–Crippen LogP) is 2.52. The van der Waals surface area contributed by atoms with E-state index in [1.165, 1.54) is 12.8 Å². The number of anilines is 2. The average molecular weight is 259 g/mol. The molecule has 0 amide bonds. The fourth-order valence-corrected chi connectivity index (χ4v) is 1.92. The predicted molar refractivity (Wildman–Crippen MR) is 76.3 cm³/mol. The van der Waals surface area contributed by atoms with Crippen molar-refractivity contribution in [2.24, 2.45) is 0 Å². The van der Waals surface area contributed by atoms with Crippen molar-refractivity contribution in [3.63, 3.8) is 0 Å². The third-order valence-corrected chi connectivity index (χ3v) is 3.44. The van der Waals surface area contributed by atoms with Crippen molar-refractivity contribution in [2.75, 3.05) is 23.8 Å². The third-order valence-electron chi connectivity index (χ3n) is 3.44. The van der Waals surface area contributed by atoms with E-state index in [4.69, 9.17) is 5.26 Å². The van der Waals surface area contributed by atoms with Crippen molar-refractivity contribution in [3.05, 3.63) is 11.9 Å².